The van der Waals surface area contributed by atoms with E-state index in [1.165, 1.54) is 4.88 Å². The molecular weight excluding hydrogens is 465 g/mol. The summed E-state index contributed by atoms with van der Waals surface area (Å²) in [5.41, 5.74) is 0. The van der Waals surface area contributed by atoms with Crippen LogP contribution < -0.4 is 5.32 Å². The van der Waals surface area contributed by atoms with Crippen molar-refractivity contribution in [3.05, 3.63) is 16.1 Å². The molecule has 0 aliphatic carbocycles. The molecule has 2 aliphatic heterocycles. The zero-order valence-corrected chi connectivity index (χ0v) is 18.6. The lowest BCUT2D eigenvalue weighted by Crippen LogP contribution is -2.55. The van der Waals surface area contributed by atoms with Gasteiger partial charge >= 0.3 is 0 Å². The highest BCUT2D eigenvalue weighted by atomic mass is 127. The van der Waals surface area contributed by atoms with Gasteiger partial charge in [0.05, 0.1) is 6.54 Å². The summed E-state index contributed by atoms with van der Waals surface area (Å²) in [6.07, 6.45) is 3.51. The lowest BCUT2D eigenvalue weighted by atomic mass is 10.2. The van der Waals surface area contributed by atoms with Crippen LogP contribution >= 0.6 is 35.3 Å². The minimum atomic E-state index is -0.221. The molecular formula is C17H28IN5O2S. The van der Waals surface area contributed by atoms with Gasteiger partial charge in [-0.3, -0.25) is 4.79 Å². The quantitative estimate of drug-likeness (QED) is 0.394. The molecule has 1 unspecified atom stereocenters. The number of ether oxygens (including phenoxy) is 1. The number of carbonyl (C=O) groups excluding carboxylic acids is 1. The second kappa shape index (κ2) is 10.4. The van der Waals surface area contributed by atoms with Gasteiger partial charge in [-0.1, -0.05) is 0 Å². The first-order chi connectivity index (χ1) is 12.2. The molecule has 9 heteroatoms. The van der Waals surface area contributed by atoms with E-state index in [4.69, 9.17) is 9.73 Å². The maximum Gasteiger partial charge on any atom is 0.251 e. The molecule has 1 aromatic heterocycles. The van der Waals surface area contributed by atoms with Crippen molar-refractivity contribution < 1.29 is 9.53 Å². The number of hydrogen-bond donors (Lipinski definition) is 1. The molecule has 0 spiro atoms. The second-order valence-corrected chi connectivity index (χ2v) is 7.67. The van der Waals surface area contributed by atoms with Crippen molar-refractivity contribution in [1.82, 2.24) is 20.1 Å². The van der Waals surface area contributed by atoms with E-state index in [0.29, 0.717) is 13.2 Å². The van der Waals surface area contributed by atoms with Crippen LogP contribution in [0.5, 0.6) is 0 Å². The third-order valence-electron chi connectivity index (χ3n) is 4.46. The van der Waals surface area contributed by atoms with Crippen molar-refractivity contribution in [2.24, 2.45) is 4.99 Å². The summed E-state index contributed by atoms with van der Waals surface area (Å²) in [6.45, 7) is 9.28. The van der Waals surface area contributed by atoms with E-state index >= 15 is 0 Å². The highest BCUT2D eigenvalue weighted by molar-refractivity contribution is 14.0. The molecule has 1 atom stereocenters. The Balaban J connectivity index is 0.00000243. The lowest BCUT2D eigenvalue weighted by Gasteiger charge is -2.37. The number of rotatable bonds is 4. The van der Waals surface area contributed by atoms with Crippen LogP contribution in [0.15, 0.2) is 11.2 Å². The Hall–Kier alpha value is -0.940. The zero-order valence-electron chi connectivity index (χ0n) is 15.4. The lowest BCUT2D eigenvalue weighted by molar-refractivity contribution is -0.142. The number of guanidine groups is 1. The smallest absolute Gasteiger partial charge is 0.251 e. The standard InChI is InChI=1S/C17H27N5O2S.HI/c1-3-18-17(20-12-15-19-11-13(2)25-15)22-8-6-21(7-9-22)16(23)14-5-4-10-24-14;/h11,14H,3-10,12H2,1-2H3,(H,18,20);1H. The van der Waals surface area contributed by atoms with Crippen LogP contribution in [0.1, 0.15) is 29.7 Å². The molecule has 1 aromatic rings. The molecule has 2 aliphatic rings. The van der Waals surface area contributed by atoms with E-state index < -0.39 is 0 Å². The first kappa shape index (κ1) is 21.4. The molecule has 0 bridgehead atoms. The number of carbonyl (C=O) groups is 1. The van der Waals surface area contributed by atoms with Crippen molar-refractivity contribution >= 4 is 47.2 Å². The molecule has 0 aromatic carbocycles. The number of amides is 1. The predicted molar refractivity (Wildman–Crippen MR) is 114 cm³/mol. The number of aromatic nitrogens is 1. The molecule has 2 fully saturated rings. The highest BCUT2D eigenvalue weighted by Gasteiger charge is 2.30. The molecule has 0 radical (unpaired) electrons. The molecule has 146 valence electrons. The molecule has 26 heavy (non-hydrogen) atoms. The number of thiazole rings is 1. The SMILES string of the molecule is CCNC(=NCc1ncc(C)s1)N1CCN(C(=O)C2CCCO2)CC1.I. The van der Waals surface area contributed by atoms with E-state index in [0.717, 1.165) is 56.5 Å². The molecule has 3 heterocycles. The van der Waals surface area contributed by atoms with Crippen molar-refractivity contribution in [2.75, 3.05) is 39.3 Å². The van der Waals surface area contributed by atoms with Crippen molar-refractivity contribution in [3.8, 4) is 0 Å². The Morgan fingerprint density at radius 3 is 2.69 bits per heavy atom. The van der Waals surface area contributed by atoms with Gasteiger partial charge in [-0.2, -0.15) is 0 Å². The van der Waals surface area contributed by atoms with E-state index in [2.05, 4.69) is 29.0 Å². The van der Waals surface area contributed by atoms with Gasteiger partial charge in [-0.25, -0.2) is 9.98 Å². The Morgan fingerprint density at radius 2 is 2.12 bits per heavy atom. The van der Waals surface area contributed by atoms with E-state index in [-0.39, 0.29) is 36.0 Å². The fraction of sp³-hybridized carbons (Fsp3) is 0.706. The number of nitrogens with zero attached hydrogens (tertiary/aromatic N) is 4. The van der Waals surface area contributed by atoms with E-state index in [1.807, 2.05) is 11.1 Å². The summed E-state index contributed by atoms with van der Waals surface area (Å²) in [4.78, 5) is 26.9. The second-order valence-electron chi connectivity index (χ2n) is 6.35. The maximum atomic E-state index is 12.4. The largest absolute Gasteiger partial charge is 0.368 e. The average molecular weight is 493 g/mol. The molecule has 3 rings (SSSR count). The van der Waals surface area contributed by atoms with Crippen molar-refractivity contribution in [1.29, 1.82) is 0 Å². The van der Waals surface area contributed by atoms with Gasteiger partial charge < -0.3 is 19.9 Å². The number of hydrogen-bond acceptors (Lipinski definition) is 5. The minimum Gasteiger partial charge on any atom is -0.368 e. The third-order valence-corrected chi connectivity index (χ3v) is 5.36. The van der Waals surface area contributed by atoms with Gasteiger partial charge in [-0.15, -0.1) is 35.3 Å². The van der Waals surface area contributed by atoms with Crippen LogP contribution in [0.3, 0.4) is 0 Å². The first-order valence-electron chi connectivity index (χ1n) is 9.02. The van der Waals surface area contributed by atoms with E-state index in [1.54, 1.807) is 11.3 Å². The van der Waals surface area contributed by atoms with Crippen LogP contribution in [0.2, 0.25) is 0 Å². The minimum absolute atomic E-state index is 0. The molecule has 0 saturated carbocycles. The summed E-state index contributed by atoms with van der Waals surface area (Å²) in [5.74, 6) is 1.05. The van der Waals surface area contributed by atoms with Crippen LogP contribution in [0, 0.1) is 6.92 Å². The zero-order chi connectivity index (χ0) is 17.6. The van der Waals surface area contributed by atoms with Gasteiger partial charge in [0.15, 0.2) is 5.96 Å². The number of nitrogens with one attached hydrogen (secondary N) is 1. The third kappa shape index (κ3) is 5.53. The molecule has 1 amide bonds. The summed E-state index contributed by atoms with van der Waals surface area (Å²) >= 11 is 1.68. The van der Waals surface area contributed by atoms with Gasteiger partial charge in [-0.05, 0) is 26.7 Å². The van der Waals surface area contributed by atoms with Crippen molar-refractivity contribution in [3.63, 3.8) is 0 Å². The van der Waals surface area contributed by atoms with Crippen LogP contribution in [0.25, 0.3) is 0 Å². The summed E-state index contributed by atoms with van der Waals surface area (Å²) in [6, 6.07) is 0. The average Bonchev–Trinajstić information content (AvgIpc) is 3.30. The monoisotopic (exact) mass is 493 g/mol. The summed E-state index contributed by atoms with van der Waals surface area (Å²) < 4.78 is 5.52. The van der Waals surface area contributed by atoms with Gasteiger partial charge in [0, 0.05) is 50.4 Å². The number of piperazine rings is 1. The fourth-order valence-corrected chi connectivity index (χ4v) is 3.87. The van der Waals surface area contributed by atoms with Crippen LogP contribution in [0.4, 0.5) is 0 Å². The van der Waals surface area contributed by atoms with Crippen LogP contribution in [-0.2, 0) is 16.1 Å². The molecule has 2 saturated heterocycles. The number of halogens is 1. The predicted octanol–water partition coefficient (Wildman–Crippen LogP) is 1.86. The molecule has 7 nitrogen and oxygen atoms in total. The Labute approximate surface area is 176 Å². The highest BCUT2D eigenvalue weighted by Crippen LogP contribution is 2.16. The maximum absolute atomic E-state index is 12.4. The summed E-state index contributed by atoms with van der Waals surface area (Å²) in [5, 5.41) is 4.38. The van der Waals surface area contributed by atoms with Crippen molar-refractivity contribution in [2.45, 2.75) is 39.3 Å². The summed E-state index contributed by atoms with van der Waals surface area (Å²) in [7, 11) is 0. The van der Waals surface area contributed by atoms with Gasteiger partial charge in [0.25, 0.3) is 5.91 Å². The fourth-order valence-electron chi connectivity index (χ4n) is 3.16. The Morgan fingerprint density at radius 1 is 1.38 bits per heavy atom. The first-order valence-corrected chi connectivity index (χ1v) is 9.84. The topological polar surface area (TPSA) is 70.1 Å². The van der Waals surface area contributed by atoms with Gasteiger partial charge in [0.1, 0.15) is 11.1 Å². The number of aryl methyl sites for hydroxylation is 1. The van der Waals surface area contributed by atoms with Crippen LogP contribution in [-0.4, -0.2) is 72.1 Å². The Kier molecular flexibility index (Phi) is 8.55. The number of aliphatic imine (C=N–C) groups is 1. The van der Waals surface area contributed by atoms with E-state index in [9.17, 15) is 4.79 Å². The Bertz CT molecular complexity index is 610. The molecule has 1 N–H and O–H groups in total. The van der Waals surface area contributed by atoms with Gasteiger partial charge in [0.2, 0.25) is 0 Å². The normalized spacial score (nSPS) is 20.8.